The number of hydrogen-bond donors (Lipinski definition) is 2. The van der Waals surface area contributed by atoms with E-state index in [4.69, 9.17) is 16.7 Å². The van der Waals surface area contributed by atoms with Crippen LogP contribution in [0.15, 0.2) is 55.0 Å². The predicted octanol–water partition coefficient (Wildman–Crippen LogP) is 5.17. The molecule has 7 heteroatoms. The van der Waals surface area contributed by atoms with Gasteiger partial charge in [0, 0.05) is 30.8 Å². The molecule has 0 bridgehead atoms. The standard InChI is InChI=1S/C24H26ClN3O3/c1-16(2)23-19(9-12-28(23)11-4-6-17-5-3-10-26-15-17)24(31)27-21-13-18(14-22(29)30)7-8-20(21)25/h3,5,7-10,12-13,15-16H,4,6,11,14H2,1-2H3,(H,27,31)(H,29,30). The topological polar surface area (TPSA) is 84.2 Å². The summed E-state index contributed by atoms with van der Waals surface area (Å²) in [6, 6.07) is 10.7. The molecule has 1 aromatic carbocycles. The molecule has 0 atom stereocenters. The van der Waals surface area contributed by atoms with Crippen LogP contribution in [0.1, 0.15) is 53.4 Å². The highest BCUT2D eigenvalue weighted by molar-refractivity contribution is 6.34. The van der Waals surface area contributed by atoms with Gasteiger partial charge in [0.05, 0.1) is 22.7 Å². The van der Waals surface area contributed by atoms with Crippen LogP contribution >= 0.6 is 11.6 Å². The molecular weight excluding hydrogens is 414 g/mol. The van der Waals surface area contributed by atoms with Crippen molar-refractivity contribution in [3.8, 4) is 0 Å². The minimum absolute atomic E-state index is 0.134. The van der Waals surface area contributed by atoms with E-state index in [9.17, 15) is 9.59 Å². The van der Waals surface area contributed by atoms with Gasteiger partial charge in [-0.05, 0) is 54.2 Å². The molecule has 0 radical (unpaired) electrons. The van der Waals surface area contributed by atoms with Crippen LogP contribution in [0.2, 0.25) is 5.02 Å². The van der Waals surface area contributed by atoms with Crippen molar-refractivity contribution in [2.24, 2.45) is 0 Å². The van der Waals surface area contributed by atoms with Crippen LogP contribution < -0.4 is 5.32 Å². The lowest BCUT2D eigenvalue weighted by Gasteiger charge is -2.15. The second-order valence-corrected chi connectivity index (χ2v) is 8.17. The van der Waals surface area contributed by atoms with Crippen molar-refractivity contribution in [1.29, 1.82) is 0 Å². The fourth-order valence-electron chi connectivity index (χ4n) is 3.66. The molecule has 162 valence electrons. The van der Waals surface area contributed by atoms with E-state index in [-0.39, 0.29) is 18.2 Å². The van der Waals surface area contributed by atoms with Gasteiger partial charge in [0.15, 0.2) is 0 Å². The summed E-state index contributed by atoms with van der Waals surface area (Å²) in [5.74, 6) is -1.04. The van der Waals surface area contributed by atoms with Crippen LogP contribution in [0, 0.1) is 0 Å². The second-order valence-electron chi connectivity index (χ2n) is 7.77. The van der Waals surface area contributed by atoms with Crippen LogP contribution in [-0.2, 0) is 24.2 Å². The van der Waals surface area contributed by atoms with Crippen LogP contribution in [0.5, 0.6) is 0 Å². The number of carbonyl (C=O) groups excluding carboxylic acids is 1. The molecule has 0 aliphatic heterocycles. The Bertz CT molecular complexity index is 1060. The molecule has 2 aromatic heterocycles. The maximum Gasteiger partial charge on any atom is 0.307 e. The number of nitrogens with one attached hydrogen (secondary N) is 1. The number of aryl methyl sites for hydroxylation is 2. The number of aliphatic carboxylic acids is 1. The Morgan fingerprint density at radius 1 is 1.19 bits per heavy atom. The molecule has 3 aromatic rings. The molecule has 2 N–H and O–H groups in total. The molecule has 6 nitrogen and oxygen atoms in total. The first kappa shape index (κ1) is 22.6. The van der Waals surface area contributed by atoms with Gasteiger partial charge in [-0.1, -0.05) is 37.6 Å². The monoisotopic (exact) mass is 439 g/mol. The lowest BCUT2D eigenvalue weighted by molar-refractivity contribution is -0.136. The van der Waals surface area contributed by atoms with E-state index in [0.717, 1.165) is 25.1 Å². The Labute approximate surface area is 186 Å². The van der Waals surface area contributed by atoms with Crippen molar-refractivity contribution in [2.75, 3.05) is 5.32 Å². The molecule has 1 amide bonds. The Balaban J connectivity index is 1.75. The van der Waals surface area contributed by atoms with Crippen LogP contribution in [0.25, 0.3) is 0 Å². The normalized spacial score (nSPS) is 11.0. The van der Waals surface area contributed by atoms with Gasteiger partial charge in [-0.3, -0.25) is 14.6 Å². The van der Waals surface area contributed by atoms with Crippen LogP contribution in [-0.4, -0.2) is 26.5 Å². The van der Waals surface area contributed by atoms with E-state index in [1.54, 1.807) is 24.4 Å². The van der Waals surface area contributed by atoms with Crippen molar-refractivity contribution in [1.82, 2.24) is 9.55 Å². The molecule has 0 saturated heterocycles. The third-order valence-electron chi connectivity index (χ3n) is 5.02. The molecule has 31 heavy (non-hydrogen) atoms. The van der Waals surface area contributed by atoms with Gasteiger partial charge in [0.25, 0.3) is 5.91 Å². The third-order valence-corrected chi connectivity index (χ3v) is 5.35. The van der Waals surface area contributed by atoms with Crippen LogP contribution in [0.4, 0.5) is 5.69 Å². The number of rotatable bonds is 9. The van der Waals surface area contributed by atoms with Crippen molar-refractivity contribution >= 4 is 29.2 Å². The smallest absolute Gasteiger partial charge is 0.307 e. The van der Waals surface area contributed by atoms with E-state index in [2.05, 4.69) is 34.8 Å². The highest BCUT2D eigenvalue weighted by Gasteiger charge is 2.19. The SMILES string of the molecule is CC(C)c1c(C(=O)Nc2cc(CC(=O)O)ccc2Cl)ccn1CCCc1cccnc1. The summed E-state index contributed by atoms with van der Waals surface area (Å²) in [5.41, 5.74) is 3.72. The second kappa shape index (κ2) is 10.3. The number of carboxylic acids is 1. The van der Waals surface area contributed by atoms with E-state index in [0.29, 0.717) is 21.8 Å². The first-order valence-corrected chi connectivity index (χ1v) is 10.6. The number of carbonyl (C=O) groups is 2. The van der Waals surface area contributed by atoms with Gasteiger partial charge in [-0.2, -0.15) is 0 Å². The van der Waals surface area contributed by atoms with Crippen molar-refractivity contribution in [2.45, 2.75) is 45.6 Å². The summed E-state index contributed by atoms with van der Waals surface area (Å²) in [6.45, 7) is 4.92. The Hall–Kier alpha value is -3.12. The number of halogens is 1. The van der Waals surface area contributed by atoms with Crippen molar-refractivity contribution in [3.05, 3.63) is 82.4 Å². The summed E-state index contributed by atoms with van der Waals surface area (Å²) in [4.78, 5) is 28.2. The number of carboxylic acid groups (broad SMARTS) is 1. The van der Waals surface area contributed by atoms with E-state index >= 15 is 0 Å². The van der Waals surface area contributed by atoms with Gasteiger partial charge in [-0.25, -0.2) is 0 Å². The van der Waals surface area contributed by atoms with Gasteiger partial charge in [-0.15, -0.1) is 0 Å². The Morgan fingerprint density at radius 3 is 2.68 bits per heavy atom. The molecule has 0 aliphatic carbocycles. The molecule has 2 heterocycles. The molecule has 0 aliphatic rings. The van der Waals surface area contributed by atoms with E-state index in [1.165, 1.54) is 5.56 Å². The van der Waals surface area contributed by atoms with Crippen molar-refractivity contribution < 1.29 is 14.7 Å². The first-order chi connectivity index (χ1) is 14.8. The number of aromatic nitrogens is 2. The summed E-state index contributed by atoms with van der Waals surface area (Å²) in [7, 11) is 0. The number of amides is 1. The number of hydrogen-bond acceptors (Lipinski definition) is 3. The Morgan fingerprint density at radius 2 is 2.00 bits per heavy atom. The number of anilines is 1. The van der Waals surface area contributed by atoms with E-state index < -0.39 is 5.97 Å². The molecule has 0 spiro atoms. The summed E-state index contributed by atoms with van der Waals surface area (Å²) < 4.78 is 2.12. The van der Waals surface area contributed by atoms with Crippen molar-refractivity contribution in [3.63, 3.8) is 0 Å². The summed E-state index contributed by atoms with van der Waals surface area (Å²) in [5, 5.41) is 12.2. The third kappa shape index (κ3) is 5.95. The Kier molecular flexibility index (Phi) is 7.47. The number of pyridine rings is 1. The lowest BCUT2D eigenvalue weighted by atomic mass is 10.0. The largest absolute Gasteiger partial charge is 0.481 e. The van der Waals surface area contributed by atoms with Crippen LogP contribution in [0.3, 0.4) is 0 Å². The summed E-state index contributed by atoms with van der Waals surface area (Å²) >= 11 is 6.23. The van der Waals surface area contributed by atoms with Gasteiger partial charge < -0.3 is 15.0 Å². The van der Waals surface area contributed by atoms with Gasteiger partial charge in [0.1, 0.15) is 0 Å². The molecule has 0 unspecified atom stereocenters. The molecule has 0 saturated carbocycles. The fourth-order valence-corrected chi connectivity index (χ4v) is 3.82. The maximum atomic E-state index is 13.0. The van der Waals surface area contributed by atoms with Gasteiger partial charge >= 0.3 is 5.97 Å². The molecule has 0 fully saturated rings. The zero-order valence-electron chi connectivity index (χ0n) is 17.6. The molecule has 3 rings (SSSR count). The first-order valence-electron chi connectivity index (χ1n) is 10.2. The highest BCUT2D eigenvalue weighted by atomic mass is 35.5. The average Bonchev–Trinajstić information content (AvgIpc) is 3.15. The molecular formula is C24H26ClN3O3. The average molecular weight is 440 g/mol. The zero-order chi connectivity index (χ0) is 22.4. The lowest BCUT2D eigenvalue weighted by Crippen LogP contribution is -2.16. The quantitative estimate of drug-likeness (QED) is 0.481. The fraction of sp³-hybridized carbons (Fsp3) is 0.292. The number of benzene rings is 1. The summed E-state index contributed by atoms with van der Waals surface area (Å²) in [6.07, 6.45) is 7.29. The minimum atomic E-state index is -0.940. The highest BCUT2D eigenvalue weighted by Crippen LogP contribution is 2.27. The predicted molar refractivity (Wildman–Crippen MR) is 122 cm³/mol. The number of nitrogens with zero attached hydrogens (tertiary/aromatic N) is 2. The van der Waals surface area contributed by atoms with Gasteiger partial charge in [0.2, 0.25) is 0 Å². The zero-order valence-corrected chi connectivity index (χ0v) is 18.4. The maximum absolute atomic E-state index is 13.0. The minimum Gasteiger partial charge on any atom is -0.481 e. The van der Waals surface area contributed by atoms with E-state index in [1.807, 2.05) is 24.5 Å².